The number of rotatable bonds is 47. The van der Waals surface area contributed by atoms with E-state index in [1.165, 1.54) is 77.0 Å². The van der Waals surface area contributed by atoms with Gasteiger partial charge in [-0.3, -0.25) is 9.59 Å². The third-order valence-electron chi connectivity index (χ3n) is 12.8. The SMILES string of the molecule is CCCCCCCC/C=C\CCCCCCCC(=O)OCC(COC(=O)CCCCCCC/C=C\CCCCCCCC)OC(=O)NCCNC[C@H](O)[C@@H](O)[C@H](O[C@@H]1O[C@H](CO)[C@H](O)[C@H](O)[C@H]1O)[C@H](O)CO. The van der Waals surface area contributed by atoms with Gasteiger partial charge in [0.05, 0.1) is 19.3 Å². The first-order valence-corrected chi connectivity index (χ1v) is 27.8. The Morgan fingerprint density at radius 1 is 0.569 bits per heavy atom. The molecule has 0 saturated carbocycles. The van der Waals surface area contributed by atoms with E-state index in [-0.39, 0.29) is 45.7 Å². The number of aliphatic hydroxyl groups excluding tert-OH is 8. The van der Waals surface area contributed by atoms with Crippen molar-refractivity contribution in [2.45, 2.75) is 255 Å². The first-order chi connectivity index (χ1) is 34.9. The fourth-order valence-electron chi connectivity index (χ4n) is 8.19. The molecule has 18 nitrogen and oxygen atoms in total. The Balaban J connectivity index is 2.55. The standard InChI is InChI=1S/C54H100N2O16/c1-3-5-7-9-11-13-15-17-19-21-23-25-27-29-31-33-46(61)68-40-42(41-69-47(62)34-32-30-28-26-24-22-20-18-16-14-12-10-8-6-4-2)70-54(67)56-36-35-55-37-43(59)48(63)52(44(60)38-57)72-53-51(66)50(65)49(64)45(39-58)71-53/h17-20,42-45,48-53,55,57-60,63-66H,3-16,21-41H2,1-2H3,(H,56,67)/b19-17-,20-18-/t43-,44+,45+,48+,49-,50-,51+,52+,53-/m0/s1. The Morgan fingerprint density at radius 3 is 1.46 bits per heavy atom. The number of hydrogen-bond acceptors (Lipinski definition) is 17. The lowest BCUT2D eigenvalue weighted by atomic mass is 9.98. The maximum Gasteiger partial charge on any atom is 0.407 e. The first-order valence-electron chi connectivity index (χ1n) is 27.8. The van der Waals surface area contributed by atoms with Crippen LogP contribution in [0.1, 0.15) is 194 Å². The molecular formula is C54H100N2O16. The van der Waals surface area contributed by atoms with E-state index in [1.54, 1.807) is 0 Å². The number of amides is 1. The number of aliphatic hydroxyl groups is 8. The molecule has 0 spiro atoms. The van der Waals surface area contributed by atoms with Gasteiger partial charge in [-0.1, -0.05) is 141 Å². The molecule has 1 saturated heterocycles. The smallest absolute Gasteiger partial charge is 0.407 e. The second kappa shape index (κ2) is 45.6. The molecule has 72 heavy (non-hydrogen) atoms. The molecular weight excluding hydrogens is 933 g/mol. The highest BCUT2D eigenvalue weighted by Crippen LogP contribution is 2.25. The molecule has 0 aromatic heterocycles. The van der Waals surface area contributed by atoms with Gasteiger partial charge in [0, 0.05) is 32.5 Å². The summed E-state index contributed by atoms with van der Waals surface area (Å²) in [7, 11) is 0. The molecule has 0 radical (unpaired) electrons. The van der Waals surface area contributed by atoms with Crippen molar-refractivity contribution in [1.29, 1.82) is 0 Å². The summed E-state index contributed by atoms with van der Waals surface area (Å²) < 4.78 is 27.1. The molecule has 1 aliphatic rings. The Bertz CT molecular complexity index is 1320. The third-order valence-corrected chi connectivity index (χ3v) is 12.8. The molecule has 18 heteroatoms. The summed E-state index contributed by atoms with van der Waals surface area (Å²) in [4.78, 5) is 38.1. The van der Waals surface area contributed by atoms with E-state index < -0.39 is 92.5 Å². The minimum Gasteiger partial charge on any atom is -0.462 e. The summed E-state index contributed by atoms with van der Waals surface area (Å²) in [5, 5.41) is 86.6. The Labute approximate surface area is 431 Å². The van der Waals surface area contributed by atoms with Crippen LogP contribution in [0.5, 0.6) is 0 Å². The first kappa shape index (κ1) is 67.3. The molecule has 0 unspecified atom stereocenters. The average Bonchev–Trinajstić information content (AvgIpc) is 3.37. The maximum absolute atomic E-state index is 12.8. The highest BCUT2D eigenvalue weighted by Gasteiger charge is 2.46. The minimum atomic E-state index is -1.88. The van der Waals surface area contributed by atoms with Crippen LogP contribution in [0.2, 0.25) is 0 Å². The van der Waals surface area contributed by atoms with Crippen LogP contribution in [0.15, 0.2) is 24.3 Å². The predicted molar refractivity (Wildman–Crippen MR) is 276 cm³/mol. The van der Waals surface area contributed by atoms with Crippen LogP contribution >= 0.6 is 0 Å². The van der Waals surface area contributed by atoms with Crippen molar-refractivity contribution in [3.8, 4) is 0 Å². The van der Waals surface area contributed by atoms with E-state index in [1.807, 2.05) is 0 Å². The maximum atomic E-state index is 12.8. The summed E-state index contributed by atoms with van der Waals surface area (Å²) >= 11 is 0. The topological polar surface area (TPSA) is 283 Å². The highest BCUT2D eigenvalue weighted by atomic mass is 16.7. The molecule has 9 atom stereocenters. The van der Waals surface area contributed by atoms with Crippen LogP contribution in [0.3, 0.4) is 0 Å². The van der Waals surface area contributed by atoms with Gasteiger partial charge in [-0.2, -0.15) is 0 Å². The van der Waals surface area contributed by atoms with E-state index in [2.05, 4.69) is 48.8 Å². The summed E-state index contributed by atoms with van der Waals surface area (Å²) in [6.07, 6.45) is 21.6. The molecule has 0 aliphatic carbocycles. The highest BCUT2D eigenvalue weighted by molar-refractivity contribution is 5.70. The van der Waals surface area contributed by atoms with Gasteiger partial charge in [-0.15, -0.1) is 0 Å². The number of allylic oxidation sites excluding steroid dienone is 4. The number of ether oxygens (including phenoxy) is 5. The van der Waals surface area contributed by atoms with E-state index in [0.29, 0.717) is 12.8 Å². The monoisotopic (exact) mass is 1030 g/mol. The number of unbranched alkanes of at least 4 members (excludes halogenated alkanes) is 22. The normalized spacial score (nSPS) is 20.0. The van der Waals surface area contributed by atoms with Gasteiger partial charge in [0.25, 0.3) is 0 Å². The lowest BCUT2D eigenvalue weighted by molar-refractivity contribution is -0.327. The van der Waals surface area contributed by atoms with E-state index in [0.717, 1.165) is 77.0 Å². The van der Waals surface area contributed by atoms with Crippen molar-refractivity contribution in [1.82, 2.24) is 10.6 Å². The number of alkyl carbamates (subject to hydrolysis) is 1. The van der Waals surface area contributed by atoms with Crippen molar-refractivity contribution >= 4 is 18.0 Å². The summed E-state index contributed by atoms with van der Waals surface area (Å²) in [6, 6.07) is 0. The zero-order chi connectivity index (χ0) is 53.0. The zero-order valence-electron chi connectivity index (χ0n) is 44.2. The Kier molecular flexibility index (Phi) is 42.6. The van der Waals surface area contributed by atoms with Gasteiger partial charge in [0.15, 0.2) is 12.4 Å². The van der Waals surface area contributed by atoms with E-state index >= 15 is 0 Å². The predicted octanol–water partition coefficient (Wildman–Crippen LogP) is 6.09. The number of esters is 2. The van der Waals surface area contributed by atoms with Gasteiger partial charge >= 0.3 is 18.0 Å². The Morgan fingerprint density at radius 2 is 1.01 bits per heavy atom. The molecule has 1 fully saturated rings. The van der Waals surface area contributed by atoms with Crippen molar-refractivity contribution in [2.24, 2.45) is 0 Å². The van der Waals surface area contributed by atoms with Gasteiger partial charge in [-0.25, -0.2) is 4.79 Å². The molecule has 0 aromatic rings. The number of carbonyl (C=O) groups is 3. The molecule has 422 valence electrons. The molecule has 0 bridgehead atoms. The van der Waals surface area contributed by atoms with Crippen LogP contribution in [0.25, 0.3) is 0 Å². The van der Waals surface area contributed by atoms with E-state index in [4.69, 9.17) is 23.7 Å². The summed E-state index contributed by atoms with van der Waals surface area (Å²) in [5.74, 6) is -0.892. The lowest BCUT2D eigenvalue weighted by Crippen LogP contribution is -2.61. The number of carbonyl (C=O) groups excluding carboxylic acids is 3. The Hall–Kier alpha value is -2.75. The fourth-order valence-corrected chi connectivity index (χ4v) is 8.19. The number of nitrogens with one attached hydrogen (secondary N) is 2. The third kappa shape index (κ3) is 33.9. The summed E-state index contributed by atoms with van der Waals surface area (Å²) in [6.45, 7) is 1.84. The molecule has 1 heterocycles. The van der Waals surface area contributed by atoms with Crippen molar-refractivity contribution in [3.63, 3.8) is 0 Å². The van der Waals surface area contributed by atoms with Gasteiger partial charge in [-0.05, 0) is 64.2 Å². The summed E-state index contributed by atoms with van der Waals surface area (Å²) in [5.41, 5.74) is 0. The van der Waals surface area contributed by atoms with Crippen LogP contribution in [-0.2, 0) is 33.3 Å². The number of hydrogen-bond donors (Lipinski definition) is 10. The van der Waals surface area contributed by atoms with Crippen molar-refractivity contribution < 1.29 is 78.9 Å². The minimum absolute atomic E-state index is 0.0387. The zero-order valence-corrected chi connectivity index (χ0v) is 44.2. The largest absolute Gasteiger partial charge is 0.462 e. The fraction of sp³-hybridized carbons (Fsp3) is 0.870. The van der Waals surface area contributed by atoms with Crippen LogP contribution < -0.4 is 10.6 Å². The molecule has 1 amide bonds. The average molecular weight is 1030 g/mol. The van der Waals surface area contributed by atoms with E-state index in [9.17, 15) is 55.2 Å². The lowest BCUT2D eigenvalue weighted by Gasteiger charge is -2.42. The van der Waals surface area contributed by atoms with Gasteiger partial charge in [0.1, 0.15) is 55.9 Å². The molecule has 1 aliphatic heterocycles. The van der Waals surface area contributed by atoms with Crippen molar-refractivity contribution in [2.75, 3.05) is 46.1 Å². The van der Waals surface area contributed by atoms with Crippen LogP contribution in [0, 0.1) is 0 Å². The van der Waals surface area contributed by atoms with Crippen LogP contribution in [0.4, 0.5) is 4.79 Å². The quantitative estimate of drug-likeness (QED) is 0.0143. The van der Waals surface area contributed by atoms with Crippen LogP contribution in [-0.4, -0.2) is 166 Å². The molecule has 10 N–H and O–H groups in total. The van der Waals surface area contributed by atoms with Crippen molar-refractivity contribution in [3.05, 3.63) is 24.3 Å². The molecule has 0 aromatic carbocycles. The molecule has 1 rings (SSSR count). The van der Waals surface area contributed by atoms with Gasteiger partial charge in [0.2, 0.25) is 0 Å². The second-order valence-electron chi connectivity index (χ2n) is 19.3. The van der Waals surface area contributed by atoms with Gasteiger partial charge < -0.3 is 75.2 Å². The second-order valence-corrected chi connectivity index (χ2v) is 19.3.